The highest BCUT2D eigenvalue weighted by Gasteiger charge is 2.34. The van der Waals surface area contributed by atoms with Crippen LogP contribution in [0.4, 0.5) is 4.39 Å². The third kappa shape index (κ3) is 2.73. The Morgan fingerprint density at radius 1 is 1.30 bits per heavy atom. The molecule has 1 aliphatic rings. The van der Waals surface area contributed by atoms with Crippen molar-refractivity contribution in [3.8, 4) is 0 Å². The lowest BCUT2D eigenvalue weighted by molar-refractivity contribution is 0.217. The van der Waals surface area contributed by atoms with Gasteiger partial charge in [-0.3, -0.25) is 0 Å². The molecule has 2 unspecified atom stereocenters. The molecular formula is C17H22FNO. The van der Waals surface area contributed by atoms with Crippen molar-refractivity contribution in [3.05, 3.63) is 35.8 Å². The van der Waals surface area contributed by atoms with Crippen LogP contribution in [0, 0.1) is 17.7 Å². The zero-order chi connectivity index (χ0) is 14.1. The van der Waals surface area contributed by atoms with E-state index in [0.717, 1.165) is 29.8 Å². The zero-order valence-corrected chi connectivity index (χ0v) is 12.2. The molecule has 0 bridgehead atoms. The maximum Gasteiger partial charge on any atom is 0.134 e. The highest BCUT2D eigenvalue weighted by atomic mass is 19.1. The lowest BCUT2D eigenvalue weighted by Crippen LogP contribution is -2.35. The van der Waals surface area contributed by atoms with Crippen LogP contribution >= 0.6 is 0 Å². The summed E-state index contributed by atoms with van der Waals surface area (Å²) >= 11 is 0. The zero-order valence-electron chi connectivity index (χ0n) is 12.2. The monoisotopic (exact) mass is 275 g/mol. The summed E-state index contributed by atoms with van der Waals surface area (Å²) in [6.07, 6.45) is 2.43. The predicted molar refractivity (Wildman–Crippen MR) is 79.3 cm³/mol. The molecule has 108 valence electrons. The quantitative estimate of drug-likeness (QED) is 0.879. The fourth-order valence-electron chi connectivity index (χ4n) is 2.96. The Kier molecular flexibility index (Phi) is 3.79. The van der Waals surface area contributed by atoms with Crippen LogP contribution in [0.1, 0.15) is 38.4 Å². The molecule has 1 N–H and O–H groups in total. The number of hydrogen-bond acceptors (Lipinski definition) is 2. The fraction of sp³-hybridized carbons (Fsp3) is 0.529. The van der Waals surface area contributed by atoms with Crippen LogP contribution in [-0.2, 0) is 0 Å². The molecule has 1 aliphatic carbocycles. The van der Waals surface area contributed by atoms with E-state index < -0.39 is 0 Å². The summed E-state index contributed by atoms with van der Waals surface area (Å²) in [7, 11) is 0. The van der Waals surface area contributed by atoms with Crippen molar-refractivity contribution >= 4 is 11.0 Å². The highest BCUT2D eigenvalue weighted by Crippen LogP contribution is 2.43. The van der Waals surface area contributed by atoms with Crippen molar-refractivity contribution in [1.29, 1.82) is 0 Å². The first-order chi connectivity index (χ1) is 9.63. The van der Waals surface area contributed by atoms with Gasteiger partial charge in [0.05, 0.1) is 0 Å². The van der Waals surface area contributed by atoms with Gasteiger partial charge >= 0.3 is 0 Å². The van der Waals surface area contributed by atoms with E-state index in [1.165, 1.54) is 18.9 Å². The third-order valence-electron chi connectivity index (χ3n) is 4.24. The molecule has 0 saturated heterocycles. The first kappa shape index (κ1) is 13.6. The SMILES string of the molecule is CC(C)CNCC1CCC1c1cc2cc(F)ccc2o1. The van der Waals surface area contributed by atoms with E-state index in [9.17, 15) is 4.39 Å². The Bertz CT molecular complexity index is 590. The molecule has 0 aliphatic heterocycles. The van der Waals surface area contributed by atoms with Gasteiger partial charge < -0.3 is 9.73 Å². The van der Waals surface area contributed by atoms with Crippen LogP contribution in [0.5, 0.6) is 0 Å². The summed E-state index contributed by atoms with van der Waals surface area (Å²) in [5.74, 6) is 2.65. The number of benzene rings is 1. The molecule has 3 heteroatoms. The van der Waals surface area contributed by atoms with Gasteiger partial charge in [0.1, 0.15) is 17.2 Å². The van der Waals surface area contributed by atoms with Crippen molar-refractivity contribution in [3.63, 3.8) is 0 Å². The lowest BCUT2D eigenvalue weighted by atomic mass is 9.72. The first-order valence-electron chi connectivity index (χ1n) is 7.53. The molecule has 1 aromatic heterocycles. The molecule has 0 radical (unpaired) electrons. The van der Waals surface area contributed by atoms with E-state index >= 15 is 0 Å². The van der Waals surface area contributed by atoms with E-state index in [2.05, 4.69) is 19.2 Å². The van der Waals surface area contributed by atoms with Gasteiger partial charge in [-0.2, -0.15) is 0 Å². The first-order valence-corrected chi connectivity index (χ1v) is 7.53. The number of fused-ring (bicyclic) bond motifs is 1. The van der Waals surface area contributed by atoms with Gasteiger partial charge in [-0.15, -0.1) is 0 Å². The van der Waals surface area contributed by atoms with E-state index in [-0.39, 0.29) is 5.82 Å². The van der Waals surface area contributed by atoms with Crippen molar-refractivity contribution < 1.29 is 8.81 Å². The van der Waals surface area contributed by atoms with Gasteiger partial charge in [-0.1, -0.05) is 13.8 Å². The number of halogens is 1. The Balaban J connectivity index is 1.68. The van der Waals surface area contributed by atoms with Crippen LogP contribution in [-0.4, -0.2) is 13.1 Å². The average Bonchev–Trinajstić information content (AvgIpc) is 2.74. The van der Waals surface area contributed by atoms with Crippen LogP contribution in [0.25, 0.3) is 11.0 Å². The second-order valence-electron chi connectivity index (χ2n) is 6.33. The Morgan fingerprint density at radius 3 is 2.85 bits per heavy atom. The van der Waals surface area contributed by atoms with Crippen molar-refractivity contribution in [2.75, 3.05) is 13.1 Å². The Morgan fingerprint density at radius 2 is 2.15 bits per heavy atom. The summed E-state index contributed by atoms with van der Waals surface area (Å²) < 4.78 is 19.1. The molecular weight excluding hydrogens is 253 g/mol. The Labute approximate surface area is 119 Å². The van der Waals surface area contributed by atoms with Gasteiger partial charge in [0.15, 0.2) is 0 Å². The second-order valence-corrected chi connectivity index (χ2v) is 6.33. The minimum Gasteiger partial charge on any atom is -0.461 e. The molecule has 1 heterocycles. The smallest absolute Gasteiger partial charge is 0.134 e. The van der Waals surface area contributed by atoms with Crippen molar-refractivity contribution in [1.82, 2.24) is 5.32 Å². The molecule has 2 aromatic rings. The topological polar surface area (TPSA) is 25.2 Å². The van der Waals surface area contributed by atoms with Gasteiger partial charge in [0.2, 0.25) is 0 Å². The molecule has 2 atom stereocenters. The number of furan rings is 1. The normalized spacial score (nSPS) is 22.4. The molecule has 20 heavy (non-hydrogen) atoms. The second kappa shape index (κ2) is 5.57. The largest absolute Gasteiger partial charge is 0.461 e. The van der Waals surface area contributed by atoms with Gasteiger partial charge in [0, 0.05) is 11.3 Å². The number of rotatable bonds is 5. The highest BCUT2D eigenvalue weighted by molar-refractivity contribution is 5.78. The van der Waals surface area contributed by atoms with Crippen LogP contribution in [0.2, 0.25) is 0 Å². The number of nitrogens with one attached hydrogen (secondary N) is 1. The minimum absolute atomic E-state index is 0.200. The molecule has 0 spiro atoms. The molecule has 2 nitrogen and oxygen atoms in total. The van der Waals surface area contributed by atoms with Crippen molar-refractivity contribution in [2.45, 2.75) is 32.6 Å². The van der Waals surface area contributed by atoms with E-state index in [4.69, 9.17) is 4.42 Å². The average molecular weight is 275 g/mol. The maximum atomic E-state index is 13.2. The molecule has 0 amide bonds. The number of hydrogen-bond donors (Lipinski definition) is 1. The standard InChI is InChI=1S/C17H22FNO/c1-11(2)9-19-10-12-3-5-15(12)17-8-13-7-14(18)4-6-16(13)20-17/h4,6-8,11-12,15,19H,3,5,9-10H2,1-2H3. The molecule has 3 rings (SSSR count). The van der Waals surface area contributed by atoms with Crippen molar-refractivity contribution in [2.24, 2.45) is 11.8 Å². The maximum absolute atomic E-state index is 13.2. The van der Waals surface area contributed by atoms with Gasteiger partial charge in [-0.25, -0.2) is 4.39 Å². The fourth-order valence-corrected chi connectivity index (χ4v) is 2.96. The molecule has 1 aromatic carbocycles. The predicted octanol–water partition coefficient (Wildman–Crippen LogP) is 4.31. The van der Waals surface area contributed by atoms with E-state index in [1.807, 2.05) is 6.07 Å². The van der Waals surface area contributed by atoms with Crippen LogP contribution in [0.3, 0.4) is 0 Å². The molecule has 1 saturated carbocycles. The summed E-state index contributed by atoms with van der Waals surface area (Å²) in [5.41, 5.74) is 0.794. The van der Waals surface area contributed by atoms with E-state index in [0.29, 0.717) is 17.8 Å². The summed E-state index contributed by atoms with van der Waals surface area (Å²) in [4.78, 5) is 0. The lowest BCUT2D eigenvalue weighted by Gasteiger charge is -2.35. The third-order valence-corrected chi connectivity index (χ3v) is 4.24. The van der Waals surface area contributed by atoms with Gasteiger partial charge in [-0.05, 0) is 62.0 Å². The summed E-state index contributed by atoms with van der Waals surface area (Å²) in [5, 5.41) is 4.40. The Hall–Kier alpha value is -1.35. The summed E-state index contributed by atoms with van der Waals surface area (Å²) in [6, 6.07) is 6.74. The summed E-state index contributed by atoms with van der Waals surface area (Å²) in [6.45, 7) is 6.56. The van der Waals surface area contributed by atoms with Gasteiger partial charge in [0.25, 0.3) is 0 Å². The molecule has 1 fully saturated rings. The van der Waals surface area contributed by atoms with Crippen LogP contribution < -0.4 is 5.32 Å². The van der Waals surface area contributed by atoms with E-state index in [1.54, 1.807) is 12.1 Å². The minimum atomic E-state index is -0.200. The van der Waals surface area contributed by atoms with Crippen LogP contribution in [0.15, 0.2) is 28.7 Å².